The van der Waals surface area contributed by atoms with Crippen molar-refractivity contribution in [3.05, 3.63) is 12.3 Å². The first kappa shape index (κ1) is 25.0. The third kappa shape index (κ3) is 5.83. The van der Waals surface area contributed by atoms with Crippen LogP contribution >= 0.6 is 0 Å². The number of rotatable bonds is 10. The van der Waals surface area contributed by atoms with E-state index in [1.165, 1.54) is 19.3 Å². The van der Waals surface area contributed by atoms with E-state index in [2.05, 4.69) is 27.0 Å². The summed E-state index contributed by atoms with van der Waals surface area (Å²) in [5.41, 5.74) is 6.69. The van der Waals surface area contributed by atoms with Gasteiger partial charge in [-0.25, -0.2) is 0 Å². The normalized spacial score (nSPS) is 28.7. The van der Waals surface area contributed by atoms with Gasteiger partial charge in [0.15, 0.2) is 0 Å². The summed E-state index contributed by atoms with van der Waals surface area (Å²) >= 11 is 0. The van der Waals surface area contributed by atoms with Crippen LogP contribution in [0.5, 0.6) is 0 Å². The summed E-state index contributed by atoms with van der Waals surface area (Å²) in [5, 5.41) is 6.48. The highest BCUT2D eigenvalue weighted by Gasteiger charge is 2.44. The second-order valence-corrected chi connectivity index (χ2v) is 9.65. The standard InChI is InChI=1S/C24H43N5O3/c1-5-26-16(3)24(31)27-22(18-10-8-7-9-11-18)17(4)29-13-19-12-20(32-6-2)14-28(19)15-21(29)23(25)30/h16,18-22,26H,4-15H2,1-3H3,(H2,25,30)(H,27,31)/t16-,19+,20+,21-,22+/m0/s1. The fourth-order valence-electron chi connectivity index (χ4n) is 5.74. The highest BCUT2D eigenvalue weighted by molar-refractivity contribution is 5.82. The summed E-state index contributed by atoms with van der Waals surface area (Å²) in [5.74, 6) is -0.0188. The van der Waals surface area contributed by atoms with Gasteiger partial charge in [-0.05, 0) is 45.6 Å². The van der Waals surface area contributed by atoms with Crippen LogP contribution in [0.1, 0.15) is 59.3 Å². The van der Waals surface area contributed by atoms with Crippen LogP contribution in [0.4, 0.5) is 0 Å². The number of piperazine rings is 1. The van der Waals surface area contributed by atoms with Crippen molar-refractivity contribution in [3.8, 4) is 0 Å². The van der Waals surface area contributed by atoms with Gasteiger partial charge in [0.05, 0.1) is 18.2 Å². The van der Waals surface area contributed by atoms with Crippen LogP contribution in [-0.4, -0.2) is 84.7 Å². The number of carbonyl (C=O) groups excluding carboxylic acids is 2. The Balaban J connectivity index is 1.79. The van der Waals surface area contributed by atoms with Crippen molar-refractivity contribution >= 4 is 11.8 Å². The van der Waals surface area contributed by atoms with E-state index >= 15 is 0 Å². The van der Waals surface area contributed by atoms with E-state index in [9.17, 15) is 9.59 Å². The number of nitrogens with zero attached hydrogens (tertiary/aromatic N) is 2. The molecule has 3 rings (SSSR count). The zero-order valence-electron chi connectivity index (χ0n) is 20.1. The fraction of sp³-hybridized carbons (Fsp3) is 0.833. The van der Waals surface area contributed by atoms with Crippen molar-refractivity contribution in [2.45, 2.75) is 89.6 Å². The molecule has 0 aromatic carbocycles. The molecule has 3 aliphatic rings. The Morgan fingerprint density at radius 2 is 1.88 bits per heavy atom. The second-order valence-electron chi connectivity index (χ2n) is 9.65. The largest absolute Gasteiger partial charge is 0.377 e. The summed E-state index contributed by atoms with van der Waals surface area (Å²) in [4.78, 5) is 29.8. The van der Waals surface area contributed by atoms with E-state index in [1.54, 1.807) is 0 Å². The molecule has 0 aromatic heterocycles. The molecule has 2 amide bonds. The number of nitrogens with one attached hydrogen (secondary N) is 2. The van der Waals surface area contributed by atoms with Gasteiger partial charge in [-0.1, -0.05) is 32.8 Å². The average Bonchev–Trinajstić information content (AvgIpc) is 3.18. The SMILES string of the molecule is C=C([C@@H](NC(=O)[C@H](C)NCC)C1CCCCC1)N1C[C@H]2C[C@@H](OCC)CN2C[C@H]1C(N)=O. The summed E-state index contributed by atoms with van der Waals surface area (Å²) in [6.45, 7) is 13.9. The van der Waals surface area contributed by atoms with Gasteiger partial charge >= 0.3 is 0 Å². The van der Waals surface area contributed by atoms with E-state index in [0.717, 1.165) is 38.0 Å². The van der Waals surface area contributed by atoms with Crippen LogP contribution in [0.3, 0.4) is 0 Å². The Morgan fingerprint density at radius 1 is 1.16 bits per heavy atom. The molecule has 2 saturated heterocycles. The quantitative estimate of drug-likeness (QED) is 0.464. The van der Waals surface area contributed by atoms with Gasteiger partial charge < -0.3 is 26.0 Å². The predicted octanol–water partition coefficient (Wildman–Crippen LogP) is 1.21. The number of amides is 2. The highest BCUT2D eigenvalue weighted by atomic mass is 16.5. The van der Waals surface area contributed by atoms with Crippen molar-refractivity contribution in [1.82, 2.24) is 20.4 Å². The molecule has 182 valence electrons. The molecular weight excluding hydrogens is 406 g/mol. The zero-order valence-corrected chi connectivity index (χ0v) is 20.1. The van der Waals surface area contributed by atoms with Crippen LogP contribution < -0.4 is 16.4 Å². The molecule has 0 aromatic rings. The van der Waals surface area contributed by atoms with Crippen LogP contribution in [0.2, 0.25) is 0 Å². The molecule has 8 heteroatoms. The van der Waals surface area contributed by atoms with Gasteiger partial charge in [0.1, 0.15) is 6.04 Å². The Hall–Kier alpha value is -1.64. The fourth-order valence-corrected chi connectivity index (χ4v) is 5.74. The Morgan fingerprint density at radius 3 is 2.50 bits per heavy atom. The molecule has 0 bridgehead atoms. The van der Waals surface area contributed by atoms with Crippen LogP contribution in [0.15, 0.2) is 12.3 Å². The Kier molecular flexibility index (Phi) is 8.96. The lowest BCUT2D eigenvalue weighted by Crippen LogP contribution is -2.62. The molecule has 4 N–H and O–H groups in total. The minimum absolute atomic E-state index is 0.0184. The van der Waals surface area contributed by atoms with Crippen molar-refractivity contribution in [2.75, 3.05) is 32.8 Å². The molecule has 8 nitrogen and oxygen atoms in total. The molecule has 1 saturated carbocycles. The number of carbonyl (C=O) groups is 2. The summed E-state index contributed by atoms with van der Waals surface area (Å²) in [6.07, 6.45) is 6.84. The van der Waals surface area contributed by atoms with E-state index in [-0.39, 0.29) is 30.0 Å². The molecule has 0 unspecified atom stereocenters. The Labute approximate surface area is 193 Å². The third-order valence-corrected chi connectivity index (χ3v) is 7.46. The third-order valence-electron chi connectivity index (χ3n) is 7.46. The average molecular weight is 450 g/mol. The number of nitrogens with two attached hydrogens (primary N) is 1. The van der Waals surface area contributed by atoms with Crippen molar-refractivity contribution < 1.29 is 14.3 Å². The van der Waals surface area contributed by atoms with Crippen LogP contribution in [0, 0.1) is 5.92 Å². The van der Waals surface area contributed by atoms with E-state index < -0.39 is 6.04 Å². The Bertz CT molecular complexity index is 666. The first-order valence-electron chi connectivity index (χ1n) is 12.5. The number of likely N-dealkylation sites (N-methyl/N-ethyl adjacent to an activating group) is 1. The van der Waals surface area contributed by atoms with E-state index in [1.807, 2.05) is 20.8 Å². The predicted molar refractivity (Wildman–Crippen MR) is 126 cm³/mol. The number of ether oxygens (including phenoxy) is 1. The van der Waals surface area contributed by atoms with Crippen LogP contribution in [-0.2, 0) is 14.3 Å². The van der Waals surface area contributed by atoms with Crippen LogP contribution in [0.25, 0.3) is 0 Å². The molecule has 2 aliphatic heterocycles. The molecule has 3 fully saturated rings. The first-order valence-corrected chi connectivity index (χ1v) is 12.5. The number of hydrogen-bond donors (Lipinski definition) is 3. The minimum Gasteiger partial charge on any atom is -0.377 e. The lowest BCUT2D eigenvalue weighted by atomic mass is 9.82. The molecular formula is C24H43N5O3. The molecule has 5 atom stereocenters. The molecule has 0 spiro atoms. The number of hydrogen-bond acceptors (Lipinski definition) is 6. The lowest BCUT2D eigenvalue weighted by Gasteiger charge is -2.47. The van der Waals surface area contributed by atoms with Gasteiger partial charge in [-0.3, -0.25) is 14.5 Å². The van der Waals surface area contributed by atoms with Gasteiger partial charge in [0, 0.05) is 38.0 Å². The maximum absolute atomic E-state index is 12.9. The smallest absolute Gasteiger partial charge is 0.241 e. The van der Waals surface area contributed by atoms with Crippen molar-refractivity contribution in [2.24, 2.45) is 11.7 Å². The summed E-state index contributed by atoms with van der Waals surface area (Å²) < 4.78 is 5.87. The minimum atomic E-state index is -0.437. The maximum Gasteiger partial charge on any atom is 0.241 e. The lowest BCUT2D eigenvalue weighted by molar-refractivity contribution is -0.125. The van der Waals surface area contributed by atoms with E-state index in [4.69, 9.17) is 10.5 Å². The summed E-state index contributed by atoms with van der Waals surface area (Å²) in [7, 11) is 0. The van der Waals surface area contributed by atoms with Gasteiger partial charge in [0.2, 0.25) is 11.8 Å². The molecule has 2 heterocycles. The maximum atomic E-state index is 12.9. The first-order chi connectivity index (χ1) is 15.3. The van der Waals surface area contributed by atoms with Crippen molar-refractivity contribution in [3.63, 3.8) is 0 Å². The summed E-state index contributed by atoms with van der Waals surface area (Å²) in [6, 6.07) is -0.582. The second kappa shape index (κ2) is 11.5. The highest BCUT2D eigenvalue weighted by Crippen LogP contribution is 2.34. The zero-order chi connectivity index (χ0) is 23.3. The topological polar surface area (TPSA) is 99.9 Å². The molecule has 0 radical (unpaired) electrons. The number of primary amides is 1. The van der Waals surface area contributed by atoms with Crippen molar-refractivity contribution in [1.29, 1.82) is 0 Å². The van der Waals surface area contributed by atoms with E-state index in [0.29, 0.717) is 31.7 Å². The molecule has 32 heavy (non-hydrogen) atoms. The van der Waals surface area contributed by atoms with Gasteiger partial charge in [-0.2, -0.15) is 0 Å². The molecule has 1 aliphatic carbocycles. The number of fused-ring (bicyclic) bond motifs is 1. The monoisotopic (exact) mass is 449 g/mol. The van der Waals surface area contributed by atoms with Gasteiger partial charge in [-0.15, -0.1) is 0 Å². The van der Waals surface area contributed by atoms with Gasteiger partial charge in [0.25, 0.3) is 0 Å².